The van der Waals surface area contributed by atoms with E-state index in [1.165, 1.54) is 7.11 Å². The number of rotatable bonds is 5. The number of hydrogen-bond donors (Lipinski definition) is 0. The molecule has 0 saturated carbocycles. The average molecular weight is 273 g/mol. The number of carbonyl (C=O) groups is 1. The second-order valence-corrected chi connectivity index (χ2v) is 4.90. The van der Waals surface area contributed by atoms with Gasteiger partial charge in [-0.1, -0.05) is 6.07 Å². The van der Waals surface area contributed by atoms with Crippen LogP contribution in [-0.2, 0) is 16.0 Å². The summed E-state index contributed by atoms with van der Waals surface area (Å²) < 4.78 is 10.3. The fourth-order valence-corrected chi connectivity index (χ4v) is 1.96. The van der Waals surface area contributed by atoms with Crippen molar-refractivity contribution < 1.29 is 14.3 Å². The fraction of sp³-hybridized carbons (Fsp3) is 0.375. The van der Waals surface area contributed by atoms with Gasteiger partial charge in [-0.2, -0.15) is 0 Å². The molecule has 0 radical (unpaired) electrons. The Morgan fingerprint density at radius 2 is 2.05 bits per heavy atom. The Morgan fingerprint density at radius 3 is 2.75 bits per heavy atom. The number of ether oxygens (including phenoxy) is 2. The quantitative estimate of drug-likeness (QED) is 0.785. The first-order chi connectivity index (χ1) is 9.58. The highest BCUT2D eigenvalue weighted by Crippen LogP contribution is 2.21. The van der Waals surface area contributed by atoms with Crippen LogP contribution in [0, 0.1) is 0 Å². The van der Waals surface area contributed by atoms with Gasteiger partial charge in [-0.3, -0.25) is 9.78 Å². The van der Waals surface area contributed by atoms with Crippen molar-refractivity contribution in [3.63, 3.8) is 0 Å². The summed E-state index contributed by atoms with van der Waals surface area (Å²) in [4.78, 5) is 15.7. The van der Waals surface area contributed by atoms with Crippen LogP contribution in [0.3, 0.4) is 0 Å². The van der Waals surface area contributed by atoms with Gasteiger partial charge in [0, 0.05) is 17.5 Å². The molecule has 4 nitrogen and oxygen atoms in total. The monoisotopic (exact) mass is 273 g/mol. The summed E-state index contributed by atoms with van der Waals surface area (Å²) in [5, 5.41) is 1.03. The molecule has 0 fully saturated rings. The lowest BCUT2D eigenvalue weighted by molar-refractivity contribution is -0.140. The Kier molecular flexibility index (Phi) is 4.56. The number of hydrogen-bond acceptors (Lipinski definition) is 4. The lowest BCUT2D eigenvalue weighted by Gasteiger charge is -2.10. The van der Waals surface area contributed by atoms with Crippen molar-refractivity contribution in [3.05, 3.63) is 36.0 Å². The van der Waals surface area contributed by atoms with E-state index in [9.17, 15) is 4.79 Å². The molecule has 0 amide bonds. The van der Waals surface area contributed by atoms with Gasteiger partial charge < -0.3 is 9.47 Å². The van der Waals surface area contributed by atoms with Crippen molar-refractivity contribution in [2.24, 2.45) is 0 Å². The topological polar surface area (TPSA) is 48.4 Å². The van der Waals surface area contributed by atoms with Gasteiger partial charge in [0.2, 0.25) is 0 Å². The minimum atomic E-state index is -0.215. The molecule has 2 rings (SSSR count). The molecule has 0 N–H and O–H groups in total. The van der Waals surface area contributed by atoms with E-state index in [0.29, 0.717) is 12.8 Å². The van der Waals surface area contributed by atoms with Gasteiger partial charge in [0.1, 0.15) is 5.75 Å². The molecule has 0 saturated heterocycles. The van der Waals surface area contributed by atoms with Gasteiger partial charge >= 0.3 is 5.97 Å². The number of pyridine rings is 1. The van der Waals surface area contributed by atoms with Crippen LogP contribution in [0.25, 0.3) is 10.9 Å². The summed E-state index contributed by atoms with van der Waals surface area (Å²) >= 11 is 0. The summed E-state index contributed by atoms with van der Waals surface area (Å²) in [7, 11) is 1.40. The second-order valence-electron chi connectivity index (χ2n) is 4.90. The minimum absolute atomic E-state index is 0.153. The zero-order valence-electron chi connectivity index (χ0n) is 12.1. The van der Waals surface area contributed by atoms with E-state index in [0.717, 1.165) is 22.3 Å². The molecule has 0 aliphatic rings. The summed E-state index contributed by atoms with van der Waals surface area (Å²) in [6.45, 7) is 4.00. The number of methoxy groups -OCH3 is 1. The number of benzene rings is 1. The molecule has 0 atom stereocenters. The van der Waals surface area contributed by atoms with Gasteiger partial charge in [0.15, 0.2) is 0 Å². The van der Waals surface area contributed by atoms with E-state index in [-0.39, 0.29) is 12.1 Å². The third-order valence-corrected chi connectivity index (χ3v) is 2.90. The molecule has 0 aliphatic carbocycles. The smallest absolute Gasteiger partial charge is 0.305 e. The highest BCUT2D eigenvalue weighted by atomic mass is 16.5. The van der Waals surface area contributed by atoms with Gasteiger partial charge in [-0.05, 0) is 38.1 Å². The summed E-state index contributed by atoms with van der Waals surface area (Å²) in [5.74, 6) is 0.629. The number of nitrogens with zero attached hydrogens (tertiary/aromatic N) is 1. The molecule has 1 aromatic heterocycles. The van der Waals surface area contributed by atoms with Crippen LogP contribution in [0.1, 0.15) is 26.0 Å². The standard InChI is InChI=1S/C16H19NO3/c1-11(2)20-14-7-8-15-12(10-14)4-5-13(17-15)6-9-16(18)19-3/h4-5,7-8,10-11H,6,9H2,1-3H3. The maximum absolute atomic E-state index is 11.1. The van der Waals surface area contributed by atoms with E-state index in [1.54, 1.807) is 0 Å². The van der Waals surface area contributed by atoms with E-state index in [1.807, 2.05) is 44.2 Å². The Bertz CT molecular complexity index is 608. The normalized spacial score (nSPS) is 10.8. The van der Waals surface area contributed by atoms with Crippen molar-refractivity contribution in [1.82, 2.24) is 4.98 Å². The third kappa shape index (κ3) is 3.70. The van der Waals surface area contributed by atoms with Crippen molar-refractivity contribution in [2.75, 3.05) is 7.11 Å². The Morgan fingerprint density at radius 1 is 1.25 bits per heavy atom. The molecule has 20 heavy (non-hydrogen) atoms. The maximum atomic E-state index is 11.1. The van der Waals surface area contributed by atoms with Crippen molar-refractivity contribution in [2.45, 2.75) is 32.8 Å². The average Bonchev–Trinajstić information content (AvgIpc) is 2.44. The minimum Gasteiger partial charge on any atom is -0.491 e. The van der Waals surface area contributed by atoms with Crippen LogP contribution in [0.15, 0.2) is 30.3 Å². The summed E-state index contributed by atoms with van der Waals surface area (Å²) in [6.07, 6.45) is 1.09. The number of esters is 1. The molecule has 0 spiro atoms. The molecule has 1 aromatic carbocycles. The van der Waals surface area contributed by atoms with Crippen LogP contribution in [0.2, 0.25) is 0 Å². The predicted molar refractivity (Wildman–Crippen MR) is 77.8 cm³/mol. The van der Waals surface area contributed by atoms with Gasteiger partial charge in [-0.15, -0.1) is 0 Å². The molecule has 4 heteroatoms. The predicted octanol–water partition coefficient (Wildman–Crippen LogP) is 3.13. The highest BCUT2D eigenvalue weighted by Gasteiger charge is 2.05. The van der Waals surface area contributed by atoms with Crippen LogP contribution in [0.4, 0.5) is 0 Å². The largest absolute Gasteiger partial charge is 0.491 e. The number of carbonyl (C=O) groups excluding carboxylic acids is 1. The number of aromatic nitrogens is 1. The van der Waals surface area contributed by atoms with E-state index in [4.69, 9.17) is 4.74 Å². The maximum Gasteiger partial charge on any atom is 0.305 e. The van der Waals surface area contributed by atoms with E-state index < -0.39 is 0 Å². The van der Waals surface area contributed by atoms with Crippen molar-refractivity contribution >= 4 is 16.9 Å². The van der Waals surface area contributed by atoms with Crippen LogP contribution < -0.4 is 4.74 Å². The first-order valence-electron chi connectivity index (χ1n) is 6.71. The number of aryl methyl sites for hydroxylation is 1. The molecule has 0 unspecified atom stereocenters. The summed E-state index contributed by atoms with van der Waals surface area (Å²) in [6, 6.07) is 9.77. The molecule has 0 aliphatic heterocycles. The molecule has 2 aromatic rings. The zero-order valence-corrected chi connectivity index (χ0v) is 12.1. The van der Waals surface area contributed by atoms with Crippen LogP contribution in [-0.4, -0.2) is 24.2 Å². The SMILES string of the molecule is COC(=O)CCc1ccc2cc(OC(C)C)ccc2n1. The first kappa shape index (κ1) is 14.3. The lowest BCUT2D eigenvalue weighted by Crippen LogP contribution is -2.05. The Balaban J connectivity index is 2.16. The molecule has 1 heterocycles. The van der Waals surface area contributed by atoms with E-state index in [2.05, 4.69) is 9.72 Å². The highest BCUT2D eigenvalue weighted by molar-refractivity contribution is 5.80. The van der Waals surface area contributed by atoms with Crippen molar-refractivity contribution in [3.8, 4) is 5.75 Å². The zero-order chi connectivity index (χ0) is 14.5. The van der Waals surface area contributed by atoms with Gasteiger partial charge in [0.25, 0.3) is 0 Å². The fourth-order valence-electron chi connectivity index (χ4n) is 1.96. The van der Waals surface area contributed by atoms with Gasteiger partial charge in [0.05, 0.1) is 25.2 Å². The third-order valence-electron chi connectivity index (χ3n) is 2.90. The molecular formula is C16H19NO3. The van der Waals surface area contributed by atoms with Gasteiger partial charge in [-0.25, -0.2) is 0 Å². The molecule has 0 bridgehead atoms. The Hall–Kier alpha value is -2.10. The molecular weight excluding hydrogens is 254 g/mol. The second kappa shape index (κ2) is 6.37. The lowest BCUT2D eigenvalue weighted by atomic mass is 10.1. The van der Waals surface area contributed by atoms with Crippen LogP contribution in [0.5, 0.6) is 5.75 Å². The van der Waals surface area contributed by atoms with E-state index >= 15 is 0 Å². The van der Waals surface area contributed by atoms with Crippen LogP contribution >= 0.6 is 0 Å². The first-order valence-corrected chi connectivity index (χ1v) is 6.71. The van der Waals surface area contributed by atoms with Crippen molar-refractivity contribution in [1.29, 1.82) is 0 Å². The molecule has 106 valence electrons. The Labute approximate surface area is 118 Å². The summed E-state index contributed by atoms with van der Waals surface area (Å²) in [5.41, 5.74) is 1.80. The number of fused-ring (bicyclic) bond motifs is 1.